The SMILES string of the molecule is CCN(C(=O)C1(CN)CCCCC1)C1CCCC1. The molecule has 0 radical (unpaired) electrons. The maximum atomic E-state index is 12.9. The molecule has 0 atom stereocenters. The average molecular weight is 252 g/mol. The molecule has 3 nitrogen and oxygen atoms in total. The first-order valence-corrected chi connectivity index (χ1v) is 7.74. The molecule has 2 aliphatic carbocycles. The van der Waals surface area contributed by atoms with Crippen LogP contribution in [0.4, 0.5) is 0 Å². The van der Waals surface area contributed by atoms with Crippen LogP contribution in [0.15, 0.2) is 0 Å². The van der Waals surface area contributed by atoms with E-state index in [9.17, 15) is 4.79 Å². The van der Waals surface area contributed by atoms with Gasteiger partial charge in [-0.3, -0.25) is 4.79 Å². The highest BCUT2D eigenvalue weighted by atomic mass is 16.2. The van der Waals surface area contributed by atoms with Gasteiger partial charge < -0.3 is 10.6 Å². The van der Waals surface area contributed by atoms with Crippen molar-refractivity contribution in [3.05, 3.63) is 0 Å². The second-order valence-corrected chi connectivity index (χ2v) is 6.07. The number of carbonyl (C=O) groups excluding carboxylic acids is 1. The normalized spacial score (nSPS) is 24.1. The van der Waals surface area contributed by atoms with E-state index in [4.69, 9.17) is 5.73 Å². The number of amides is 1. The van der Waals surface area contributed by atoms with Gasteiger partial charge in [0.1, 0.15) is 0 Å². The lowest BCUT2D eigenvalue weighted by Gasteiger charge is -2.41. The van der Waals surface area contributed by atoms with Crippen LogP contribution < -0.4 is 5.73 Å². The lowest BCUT2D eigenvalue weighted by Crippen LogP contribution is -2.51. The Morgan fingerprint density at radius 1 is 1.17 bits per heavy atom. The van der Waals surface area contributed by atoms with Gasteiger partial charge in [0, 0.05) is 19.1 Å². The summed E-state index contributed by atoms with van der Waals surface area (Å²) in [4.78, 5) is 15.1. The van der Waals surface area contributed by atoms with Crippen molar-refractivity contribution >= 4 is 5.91 Å². The number of nitrogens with two attached hydrogens (primary N) is 1. The van der Waals surface area contributed by atoms with Gasteiger partial charge in [0.15, 0.2) is 0 Å². The van der Waals surface area contributed by atoms with Crippen LogP contribution in [0.5, 0.6) is 0 Å². The molecule has 0 saturated heterocycles. The van der Waals surface area contributed by atoms with Gasteiger partial charge >= 0.3 is 0 Å². The van der Waals surface area contributed by atoms with Gasteiger partial charge in [-0.05, 0) is 32.6 Å². The van der Waals surface area contributed by atoms with Gasteiger partial charge in [0.25, 0.3) is 0 Å². The van der Waals surface area contributed by atoms with Crippen LogP contribution in [0.25, 0.3) is 0 Å². The Bertz CT molecular complexity index is 278. The largest absolute Gasteiger partial charge is 0.339 e. The molecule has 0 unspecified atom stereocenters. The number of rotatable bonds is 4. The molecular weight excluding hydrogens is 224 g/mol. The summed E-state index contributed by atoms with van der Waals surface area (Å²) in [5, 5.41) is 0. The third kappa shape index (κ3) is 2.56. The summed E-state index contributed by atoms with van der Waals surface area (Å²) in [6, 6.07) is 0.493. The maximum absolute atomic E-state index is 12.9. The molecular formula is C15H28N2O. The number of carbonyl (C=O) groups is 1. The fraction of sp³-hybridized carbons (Fsp3) is 0.933. The number of nitrogens with zero attached hydrogens (tertiary/aromatic N) is 1. The van der Waals surface area contributed by atoms with Crippen LogP contribution in [0.1, 0.15) is 64.7 Å². The monoisotopic (exact) mass is 252 g/mol. The second-order valence-electron chi connectivity index (χ2n) is 6.07. The maximum Gasteiger partial charge on any atom is 0.230 e. The molecule has 104 valence electrons. The summed E-state index contributed by atoms with van der Waals surface area (Å²) in [7, 11) is 0. The van der Waals surface area contributed by atoms with Gasteiger partial charge in [0.05, 0.1) is 5.41 Å². The van der Waals surface area contributed by atoms with Crippen molar-refractivity contribution in [3.8, 4) is 0 Å². The van der Waals surface area contributed by atoms with E-state index in [1.54, 1.807) is 0 Å². The van der Waals surface area contributed by atoms with Gasteiger partial charge in [-0.25, -0.2) is 0 Å². The van der Waals surface area contributed by atoms with Gasteiger partial charge in [-0.15, -0.1) is 0 Å². The Balaban J connectivity index is 2.10. The Labute approximate surface area is 111 Å². The molecule has 0 bridgehead atoms. The van der Waals surface area contributed by atoms with E-state index in [2.05, 4.69) is 11.8 Å². The van der Waals surface area contributed by atoms with Crippen LogP contribution in [0.2, 0.25) is 0 Å². The van der Waals surface area contributed by atoms with E-state index in [1.165, 1.54) is 44.9 Å². The van der Waals surface area contributed by atoms with E-state index in [0.717, 1.165) is 19.4 Å². The Hall–Kier alpha value is -0.570. The Morgan fingerprint density at radius 3 is 2.28 bits per heavy atom. The van der Waals surface area contributed by atoms with E-state index in [1.807, 2.05) is 0 Å². The van der Waals surface area contributed by atoms with Crippen molar-refractivity contribution in [3.63, 3.8) is 0 Å². The zero-order chi connectivity index (χ0) is 13.0. The summed E-state index contributed by atoms with van der Waals surface area (Å²) in [5.74, 6) is 0.360. The molecule has 2 saturated carbocycles. The van der Waals surface area contributed by atoms with E-state index in [-0.39, 0.29) is 5.41 Å². The summed E-state index contributed by atoms with van der Waals surface area (Å²) in [5.41, 5.74) is 5.76. The van der Waals surface area contributed by atoms with E-state index in [0.29, 0.717) is 18.5 Å². The molecule has 3 heteroatoms. The van der Waals surface area contributed by atoms with Crippen LogP contribution >= 0.6 is 0 Å². The number of hydrogen-bond donors (Lipinski definition) is 1. The third-order valence-electron chi connectivity index (χ3n) is 5.02. The minimum atomic E-state index is -0.225. The molecule has 2 aliphatic rings. The lowest BCUT2D eigenvalue weighted by atomic mass is 9.72. The smallest absolute Gasteiger partial charge is 0.230 e. The highest BCUT2D eigenvalue weighted by Crippen LogP contribution is 2.38. The molecule has 0 heterocycles. The van der Waals surface area contributed by atoms with Crippen LogP contribution in [0.3, 0.4) is 0 Å². The van der Waals surface area contributed by atoms with Crippen molar-refractivity contribution in [2.75, 3.05) is 13.1 Å². The van der Waals surface area contributed by atoms with Crippen LogP contribution in [-0.2, 0) is 4.79 Å². The minimum Gasteiger partial charge on any atom is -0.339 e. The molecule has 1 amide bonds. The summed E-state index contributed by atoms with van der Waals surface area (Å²) in [6.07, 6.45) is 10.6. The van der Waals surface area contributed by atoms with Crippen molar-refractivity contribution in [2.24, 2.45) is 11.1 Å². The highest BCUT2D eigenvalue weighted by Gasteiger charge is 2.42. The zero-order valence-corrected chi connectivity index (χ0v) is 11.8. The van der Waals surface area contributed by atoms with Crippen molar-refractivity contribution in [1.82, 2.24) is 4.90 Å². The standard InChI is InChI=1S/C15H28N2O/c1-2-17(13-8-4-5-9-13)14(18)15(12-16)10-6-3-7-11-15/h13H,2-12,16H2,1H3. The fourth-order valence-corrected chi connectivity index (χ4v) is 3.82. The first-order chi connectivity index (χ1) is 8.73. The van der Waals surface area contributed by atoms with Crippen molar-refractivity contribution in [1.29, 1.82) is 0 Å². The second kappa shape index (κ2) is 6.05. The predicted octanol–water partition coefficient (Wildman–Crippen LogP) is 2.69. The molecule has 2 fully saturated rings. The summed E-state index contributed by atoms with van der Waals surface area (Å²) < 4.78 is 0. The lowest BCUT2D eigenvalue weighted by molar-refractivity contribution is -0.145. The minimum absolute atomic E-state index is 0.225. The molecule has 0 aromatic carbocycles. The molecule has 0 aromatic rings. The first-order valence-electron chi connectivity index (χ1n) is 7.74. The quantitative estimate of drug-likeness (QED) is 0.836. The van der Waals surface area contributed by atoms with Crippen LogP contribution in [0, 0.1) is 5.41 Å². The molecule has 2 rings (SSSR count). The van der Waals surface area contributed by atoms with Crippen LogP contribution in [-0.4, -0.2) is 29.9 Å². The van der Waals surface area contributed by atoms with Gasteiger partial charge in [-0.1, -0.05) is 32.1 Å². The van der Waals surface area contributed by atoms with E-state index >= 15 is 0 Å². The third-order valence-corrected chi connectivity index (χ3v) is 5.02. The molecule has 0 aliphatic heterocycles. The molecule has 0 aromatic heterocycles. The zero-order valence-electron chi connectivity index (χ0n) is 11.8. The van der Waals surface area contributed by atoms with Gasteiger partial charge in [-0.2, -0.15) is 0 Å². The fourth-order valence-electron chi connectivity index (χ4n) is 3.82. The topological polar surface area (TPSA) is 46.3 Å². The average Bonchev–Trinajstić information content (AvgIpc) is 2.94. The highest BCUT2D eigenvalue weighted by molar-refractivity contribution is 5.83. The molecule has 2 N–H and O–H groups in total. The first kappa shape index (κ1) is 13.9. The Kier molecular flexibility index (Phi) is 4.66. The Morgan fingerprint density at radius 2 is 1.78 bits per heavy atom. The summed E-state index contributed by atoms with van der Waals surface area (Å²) >= 11 is 0. The van der Waals surface area contributed by atoms with Crippen molar-refractivity contribution < 1.29 is 4.79 Å². The number of hydrogen-bond acceptors (Lipinski definition) is 2. The van der Waals surface area contributed by atoms with Gasteiger partial charge in [0.2, 0.25) is 5.91 Å². The molecule has 0 spiro atoms. The predicted molar refractivity (Wildman–Crippen MR) is 74.2 cm³/mol. The molecule has 18 heavy (non-hydrogen) atoms. The van der Waals surface area contributed by atoms with E-state index < -0.39 is 0 Å². The van der Waals surface area contributed by atoms with Crippen molar-refractivity contribution in [2.45, 2.75) is 70.8 Å². The summed E-state index contributed by atoms with van der Waals surface area (Å²) in [6.45, 7) is 3.50.